The quantitative estimate of drug-likeness (QED) is 0.115. The van der Waals surface area contributed by atoms with Crippen LogP contribution in [0.15, 0.2) is 102 Å². The molecule has 0 radical (unpaired) electrons. The maximum Gasteiger partial charge on any atom is 0.350 e. The number of esters is 5. The maximum absolute atomic E-state index is 15.6. The number of rotatable bonds is 12. The van der Waals surface area contributed by atoms with Crippen molar-refractivity contribution in [1.29, 1.82) is 0 Å². The predicted octanol–water partition coefficient (Wildman–Crippen LogP) is 3.67. The number of benzene rings is 3. The Kier molecular flexibility index (Phi) is 14.5. The normalized spacial score (nSPS) is 30.1. The van der Waals surface area contributed by atoms with Crippen LogP contribution in [0.25, 0.3) is 0 Å². The summed E-state index contributed by atoms with van der Waals surface area (Å²) in [6.07, 6.45) is -10.7. The Morgan fingerprint density at radius 3 is 1.93 bits per heavy atom. The average molecular weight is 947 g/mol. The summed E-state index contributed by atoms with van der Waals surface area (Å²) in [4.78, 5) is 97.9. The molecule has 7 rings (SSSR count). The van der Waals surface area contributed by atoms with Gasteiger partial charge in [-0.25, -0.2) is 14.4 Å². The second-order valence-corrected chi connectivity index (χ2v) is 18.0. The van der Waals surface area contributed by atoms with Crippen molar-refractivity contribution >= 4 is 53.9 Å². The van der Waals surface area contributed by atoms with Gasteiger partial charge in [-0.3, -0.25) is 19.2 Å². The average Bonchev–Trinajstić information content (AvgIpc) is 3.28. The van der Waals surface area contributed by atoms with Gasteiger partial charge in [0.2, 0.25) is 12.0 Å². The van der Waals surface area contributed by atoms with E-state index in [1.165, 1.54) is 38.1 Å². The van der Waals surface area contributed by atoms with Crippen LogP contribution in [0, 0.1) is 16.7 Å². The molecule has 358 valence electrons. The van der Waals surface area contributed by atoms with E-state index in [0.29, 0.717) is 5.56 Å². The van der Waals surface area contributed by atoms with Crippen LogP contribution in [0.4, 0.5) is 0 Å². The first-order valence-electron chi connectivity index (χ1n) is 21.6. The Bertz CT molecular complexity index is 2430. The topological polar surface area (TPSA) is 253 Å². The largest absolute Gasteiger partial charge is 0.455 e. The maximum atomic E-state index is 15.6. The molecular weight excluding hydrogens is 892 g/mol. The van der Waals surface area contributed by atoms with Gasteiger partial charge in [-0.2, -0.15) is 0 Å². The third-order valence-corrected chi connectivity index (χ3v) is 13.9. The van der Waals surface area contributed by atoms with Gasteiger partial charge in [0, 0.05) is 32.1 Å². The van der Waals surface area contributed by atoms with Gasteiger partial charge in [0.15, 0.2) is 17.5 Å². The zero-order valence-corrected chi connectivity index (χ0v) is 38.6. The summed E-state index contributed by atoms with van der Waals surface area (Å²) >= 11 is 0. The highest BCUT2D eigenvalue weighted by Crippen LogP contribution is 2.64. The first-order valence-corrected chi connectivity index (χ1v) is 21.6. The van der Waals surface area contributed by atoms with Crippen molar-refractivity contribution < 1.29 is 72.2 Å². The number of Topliss-reactive ketones (excluding diaryl/α,β-unsaturated/α-hetero) is 1. The zero-order chi connectivity index (χ0) is 47.9. The third kappa shape index (κ3) is 8.86. The van der Waals surface area contributed by atoms with Crippen molar-refractivity contribution in [3.8, 4) is 0 Å². The van der Waals surface area contributed by atoms with Gasteiger partial charge in [0.25, 0.3) is 0 Å². The Balaban J connectivity index is 0.00000741. The van der Waals surface area contributed by atoms with E-state index < -0.39 is 125 Å². The summed E-state index contributed by atoms with van der Waals surface area (Å²) in [6.45, 7) is 7.36. The number of ketones is 1. The summed E-state index contributed by atoms with van der Waals surface area (Å²) in [5.41, 5.74) is -1.83. The Labute approximate surface area is 393 Å². The van der Waals surface area contributed by atoms with Crippen LogP contribution in [-0.4, -0.2) is 113 Å². The molecule has 3 aliphatic carbocycles. The zero-order valence-electron chi connectivity index (χ0n) is 37.8. The SMILES string of the molecule is CC(=O)O[C@H]1C(=O)[C@@]2(C)C(C(OC(=O)c3ccccc3)[C@]3(O)C[C@H](OC(=O)[C@H](OC(=O)c4ccccc4)[C@@H](NC(=O)CN)c4ccccc4)C(C)=C1C3(C)C)[C@]1(OC(C)=O)CO[C@@H]1C[C@@H]2O.Cl. The van der Waals surface area contributed by atoms with E-state index in [1.54, 1.807) is 80.6 Å². The Morgan fingerprint density at radius 1 is 0.836 bits per heavy atom. The van der Waals surface area contributed by atoms with Crippen LogP contribution in [0.5, 0.6) is 0 Å². The fraction of sp³-hybridized carbons (Fsp3) is 0.449. The molecule has 18 heteroatoms. The number of hydrogen-bond donors (Lipinski definition) is 4. The van der Waals surface area contributed by atoms with Crippen LogP contribution in [-0.2, 0) is 52.4 Å². The molecule has 5 N–H and O–H groups in total. The van der Waals surface area contributed by atoms with E-state index in [9.17, 15) is 39.0 Å². The fourth-order valence-electron chi connectivity index (χ4n) is 10.5. The summed E-state index contributed by atoms with van der Waals surface area (Å²) in [5.74, 6) is -8.04. The molecule has 2 bridgehead atoms. The number of nitrogens with one attached hydrogen (secondary N) is 1. The molecule has 0 spiro atoms. The number of aliphatic hydroxyl groups is 2. The minimum absolute atomic E-state index is 0. The van der Waals surface area contributed by atoms with E-state index in [2.05, 4.69) is 5.32 Å². The lowest BCUT2D eigenvalue weighted by Gasteiger charge is -2.67. The number of carbonyl (C=O) groups is 7. The van der Waals surface area contributed by atoms with E-state index in [-0.39, 0.29) is 47.7 Å². The molecule has 2 unspecified atom stereocenters. The molecule has 0 aromatic heterocycles. The number of halogens is 1. The Hall–Kier alpha value is -5.98. The third-order valence-electron chi connectivity index (χ3n) is 13.9. The van der Waals surface area contributed by atoms with Crippen LogP contribution in [0.3, 0.4) is 0 Å². The first kappa shape index (κ1) is 50.4. The van der Waals surface area contributed by atoms with Gasteiger partial charge in [-0.1, -0.05) is 80.6 Å². The molecule has 11 atom stereocenters. The molecule has 1 amide bonds. The van der Waals surface area contributed by atoms with Crippen molar-refractivity contribution in [2.75, 3.05) is 13.2 Å². The number of aliphatic hydroxyl groups excluding tert-OH is 1. The molecule has 4 aliphatic rings. The van der Waals surface area contributed by atoms with E-state index in [0.717, 1.165) is 13.8 Å². The number of fused-ring (bicyclic) bond motifs is 5. The second-order valence-electron chi connectivity index (χ2n) is 18.0. The molecule has 3 aromatic rings. The number of amides is 1. The van der Waals surface area contributed by atoms with E-state index >= 15 is 4.79 Å². The van der Waals surface area contributed by atoms with E-state index in [1.807, 2.05) is 0 Å². The first-order chi connectivity index (χ1) is 31.2. The van der Waals surface area contributed by atoms with E-state index in [4.69, 9.17) is 34.2 Å². The van der Waals surface area contributed by atoms with Gasteiger partial charge in [-0.15, -0.1) is 12.4 Å². The van der Waals surface area contributed by atoms with Crippen LogP contribution in [0.2, 0.25) is 0 Å². The molecule has 1 saturated heterocycles. The standard InChI is InChI=1S/C49H54N2O15.ClH/c1-26-32(63-45(59)39(64-43(57)30-18-12-8-13-19-30)37(51-35(55)24-50)29-16-10-7-11-17-29)23-49(60)42(65-44(58)31-20-14-9-15-21-31)40-47(6,33(54)22-34-48(40,25-61-34)66-28(3)53)41(56)38(62-27(2)52)36(26)46(49,4)5;/h7-21,32-34,37-40,42,54,60H,22-25,50H2,1-6H3,(H,51,55);1H/t32-,33-,34+,37-,38+,39+,40?,42?,47+,48-,49+;/m0./s1. The van der Waals surface area contributed by atoms with Gasteiger partial charge in [-0.05, 0) is 54.8 Å². The molecule has 1 heterocycles. The summed E-state index contributed by atoms with van der Waals surface area (Å²) < 4.78 is 36.5. The highest BCUT2D eigenvalue weighted by atomic mass is 35.5. The molecule has 2 saturated carbocycles. The lowest BCUT2D eigenvalue weighted by Crippen LogP contribution is -2.82. The number of nitrogens with two attached hydrogens (primary N) is 1. The number of ether oxygens (including phenoxy) is 6. The highest BCUT2D eigenvalue weighted by molar-refractivity contribution is 5.96. The van der Waals surface area contributed by atoms with Crippen LogP contribution >= 0.6 is 12.4 Å². The smallest absolute Gasteiger partial charge is 0.350 e. The van der Waals surface area contributed by atoms with Crippen molar-refractivity contribution in [3.63, 3.8) is 0 Å². The molecule has 67 heavy (non-hydrogen) atoms. The summed E-state index contributed by atoms with van der Waals surface area (Å²) in [7, 11) is 0. The lowest BCUT2D eigenvalue weighted by molar-refractivity contribution is -0.346. The summed E-state index contributed by atoms with van der Waals surface area (Å²) in [5, 5.41) is 28.6. The highest BCUT2D eigenvalue weighted by Gasteiger charge is 2.78. The van der Waals surface area contributed by atoms with Crippen LogP contribution in [0.1, 0.15) is 86.7 Å². The number of carbonyl (C=O) groups excluding carboxylic acids is 7. The monoisotopic (exact) mass is 946 g/mol. The lowest BCUT2D eigenvalue weighted by atomic mass is 9.44. The molecule has 3 fully saturated rings. The van der Waals surface area contributed by atoms with Crippen molar-refractivity contribution in [3.05, 3.63) is 119 Å². The van der Waals surface area contributed by atoms with Crippen molar-refractivity contribution in [1.82, 2.24) is 5.32 Å². The molecule has 17 nitrogen and oxygen atoms in total. The number of hydrogen-bond acceptors (Lipinski definition) is 16. The minimum atomic E-state index is -2.45. The van der Waals surface area contributed by atoms with Crippen molar-refractivity contribution in [2.45, 2.75) is 108 Å². The van der Waals surface area contributed by atoms with Gasteiger partial charge in [0.1, 0.15) is 30.0 Å². The minimum Gasteiger partial charge on any atom is -0.455 e. The summed E-state index contributed by atoms with van der Waals surface area (Å²) in [6, 6.07) is 22.3. The van der Waals surface area contributed by atoms with Crippen molar-refractivity contribution in [2.24, 2.45) is 22.5 Å². The van der Waals surface area contributed by atoms with Gasteiger partial charge in [0.05, 0.1) is 41.7 Å². The predicted molar refractivity (Wildman–Crippen MR) is 238 cm³/mol. The molecule has 3 aromatic carbocycles. The molecule has 1 aliphatic heterocycles. The molecular formula is C49H55ClN2O15. The second kappa shape index (κ2) is 19.3. The van der Waals surface area contributed by atoms with Crippen LogP contribution < -0.4 is 11.1 Å². The Morgan fingerprint density at radius 2 is 1.40 bits per heavy atom. The van der Waals surface area contributed by atoms with Gasteiger partial charge >= 0.3 is 29.8 Å². The van der Waals surface area contributed by atoms with Gasteiger partial charge < -0.3 is 49.7 Å². The fourth-order valence-corrected chi connectivity index (χ4v) is 10.5.